The standard InChI is InChI=1S/C21H24ClFN2O2/c22-17-5-4-16(18(23)13-17)14-25-10-6-20(7-11-25)15-21(26,8-12-27-20)19-3-1-2-9-24-19/h1-5,9,13,26H,6-8,10-12,14-15H2. The molecule has 2 aromatic rings. The minimum Gasteiger partial charge on any atom is -0.383 e. The molecule has 1 aromatic carbocycles. The quantitative estimate of drug-likeness (QED) is 0.863. The van der Waals surface area contributed by atoms with E-state index in [1.165, 1.54) is 6.07 Å². The normalized spacial score (nSPS) is 25.6. The Hall–Kier alpha value is -1.53. The topological polar surface area (TPSA) is 45.6 Å². The molecule has 1 N–H and O–H groups in total. The number of likely N-dealkylation sites (tertiary alicyclic amines) is 1. The van der Waals surface area contributed by atoms with Gasteiger partial charge in [-0.25, -0.2) is 4.39 Å². The molecule has 0 saturated carbocycles. The average Bonchev–Trinajstić information content (AvgIpc) is 2.67. The second-order valence-electron chi connectivity index (χ2n) is 7.72. The Morgan fingerprint density at radius 1 is 1.19 bits per heavy atom. The van der Waals surface area contributed by atoms with Crippen molar-refractivity contribution in [2.75, 3.05) is 19.7 Å². The van der Waals surface area contributed by atoms with E-state index in [4.69, 9.17) is 16.3 Å². The number of benzene rings is 1. The van der Waals surface area contributed by atoms with Gasteiger partial charge in [-0.2, -0.15) is 0 Å². The van der Waals surface area contributed by atoms with Gasteiger partial charge < -0.3 is 9.84 Å². The molecule has 1 unspecified atom stereocenters. The van der Waals surface area contributed by atoms with Crippen LogP contribution in [0.2, 0.25) is 5.02 Å². The van der Waals surface area contributed by atoms with E-state index in [0.29, 0.717) is 36.6 Å². The first-order valence-corrected chi connectivity index (χ1v) is 9.80. The molecule has 2 aliphatic rings. The second kappa shape index (κ2) is 7.47. The van der Waals surface area contributed by atoms with Gasteiger partial charge in [-0.1, -0.05) is 23.7 Å². The van der Waals surface area contributed by atoms with Crippen molar-refractivity contribution in [1.82, 2.24) is 9.88 Å². The average molecular weight is 391 g/mol. The fraction of sp³-hybridized carbons (Fsp3) is 0.476. The molecule has 0 aliphatic carbocycles. The largest absolute Gasteiger partial charge is 0.383 e. The number of piperidine rings is 1. The van der Waals surface area contributed by atoms with Crippen LogP contribution >= 0.6 is 11.6 Å². The monoisotopic (exact) mass is 390 g/mol. The fourth-order valence-corrected chi connectivity index (χ4v) is 4.45. The van der Waals surface area contributed by atoms with Crippen molar-refractivity contribution in [2.45, 2.75) is 43.4 Å². The van der Waals surface area contributed by atoms with E-state index in [9.17, 15) is 9.50 Å². The number of halogens is 2. The number of nitrogens with zero attached hydrogens (tertiary/aromatic N) is 2. The zero-order valence-electron chi connectivity index (χ0n) is 15.2. The second-order valence-corrected chi connectivity index (χ2v) is 8.15. The van der Waals surface area contributed by atoms with E-state index in [1.54, 1.807) is 18.3 Å². The van der Waals surface area contributed by atoms with Crippen molar-refractivity contribution in [3.63, 3.8) is 0 Å². The van der Waals surface area contributed by atoms with Crippen LogP contribution in [-0.2, 0) is 16.9 Å². The SMILES string of the molecule is OC1(c2ccccn2)CCOC2(CCN(Cc3ccc(Cl)cc3F)CC2)C1. The molecule has 2 aliphatic heterocycles. The fourth-order valence-electron chi connectivity index (χ4n) is 4.30. The van der Waals surface area contributed by atoms with Gasteiger partial charge in [0, 0.05) is 49.3 Å². The summed E-state index contributed by atoms with van der Waals surface area (Å²) in [6, 6.07) is 10.5. The molecule has 3 heterocycles. The molecule has 0 amide bonds. The van der Waals surface area contributed by atoms with Gasteiger partial charge in [0.15, 0.2) is 0 Å². The molecular weight excluding hydrogens is 367 g/mol. The van der Waals surface area contributed by atoms with Crippen LogP contribution in [0.5, 0.6) is 0 Å². The highest BCUT2D eigenvalue weighted by molar-refractivity contribution is 6.30. The molecule has 6 heteroatoms. The maximum Gasteiger partial charge on any atom is 0.129 e. The Balaban J connectivity index is 1.42. The highest BCUT2D eigenvalue weighted by atomic mass is 35.5. The van der Waals surface area contributed by atoms with Crippen molar-refractivity contribution in [2.24, 2.45) is 0 Å². The van der Waals surface area contributed by atoms with Gasteiger partial charge in [0.25, 0.3) is 0 Å². The summed E-state index contributed by atoms with van der Waals surface area (Å²) in [5.74, 6) is -0.263. The van der Waals surface area contributed by atoms with Gasteiger partial charge in [0.1, 0.15) is 11.4 Å². The molecule has 2 saturated heterocycles. The Kier molecular flexibility index (Phi) is 5.21. The van der Waals surface area contributed by atoms with Crippen LogP contribution in [0.1, 0.15) is 36.9 Å². The first-order chi connectivity index (χ1) is 13.0. The first kappa shape index (κ1) is 18.8. The predicted octanol–water partition coefficient (Wildman–Crippen LogP) is 3.91. The van der Waals surface area contributed by atoms with E-state index >= 15 is 0 Å². The summed E-state index contributed by atoms with van der Waals surface area (Å²) in [6.07, 6.45) is 4.47. The lowest BCUT2D eigenvalue weighted by molar-refractivity contribution is -0.183. The molecule has 27 heavy (non-hydrogen) atoms. The van der Waals surface area contributed by atoms with E-state index in [-0.39, 0.29) is 11.4 Å². The van der Waals surface area contributed by atoms with Crippen LogP contribution in [0.3, 0.4) is 0 Å². The summed E-state index contributed by atoms with van der Waals surface area (Å²) in [5.41, 5.74) is 0.104. The summed E-state index contributed by atoms with van der Waals surface area (Å²) < 4.78 is 20.2. The van der Waals surface area contributed by atoms with Crippen LogP contribution in [0.25, 0.3) is 0 Å². The summed E-state index contributed by atoms with van der Waals surface area (Å²) in [5, 5.41) is 11.6. The summed E-state index contributed by atoms with van der Waals surface area (Å²) in [6.45, 7) is 2.70. The molecule has 0 bridgehead atoms. The highest BCUT2D eigenvalue weighted by Crippen LogP contribution is 2.44. The molecule has 1 spiro atoms. The van der Waals surface area contributed by atoms with Crippen molar-refractivity contribution >= 4 is 11.6 Å². The van der Waals surface area contributed by atoms with Gasteiger partial charge in [-0.15, -0.1) is 0 Å². The number of rotatable bonds is 3. The third-order valence-corrected chi connectivity index (χ3v) is 6.09. The van der Waals surface area contributed by atoms with Gasteiger partial charge in [-0.3, -0.25) is 9.88 Å². The molecule has 1 atom stereocenters. The number of hydrogen-bond acceptors (Lipinski definition) is 4. The zero-order chi connectivity index (χ0) is 18.9. The minimum atomic E-state index is -0.941. The maximum atomic E-state index is 14.1. The Morgan fingerprint density at radius 2 is 2.00 bits per heavy atom. The Morgan fingerprint density at radius 3 is 2.70 bits per heavy atom. The number of aliphatic hydroxyl groups is 1. The van der Waals surface area contributed by atoms with Crippen molar-refractivity contribution in [3.8, 4) is 0 Å². The molecule has 4 rings (SSSR count). The van der Waals surface area contributed by atoms with E-state index in [1.807, 2.05) is 18.2 Å². The third-order valence-electron chi connectivity index (χ3n) is 5.86. The van der Waals surface area contributed by atoms with E-state index in [0.717, 1.165) is 31.6 Å². The number of ether oxygens (including phenoxy) is 1. The van der Waals surface area contributed by atoms with E-state index < -0.39 is 5.60 Å². The van der Waals surface area contributed by atoms with Crippen molar-refractivity contribution < 1.29 is 14.2 Å². The van der Waals surface area contributed by atoms with Crippen LogP contribution in [0, 0.1) is 5.82 Å². The predicted molar refractivity (Wildman–Crippen MR) is 102 cm³/mol. The van der Waals surface area contributed by atoms with Crippen LogP contribution in [0.4, 0.5) is 4.39 Å². The lowest BCUT2D eigenvalue weighted by atomic mass is 9.75. The number of hydrogen-bond donors (Lipinski definition) is 1. The summed E-state index contributed by atoms with van der Waals surface area (Å²) in [4.78, 5) is 6.60. The van der Waals surface area contributed by atoms with Gasteiger partial charge in [0.2, 0.25) is 0 Å². The molecular formula is C21H24ClFN2O2. The van der Waals surface area contributed by atoms with Crippen LogP contribution in [0.15, 0.2) is 42.6 Å². The van der Waals surface area contributed by atoms with Crippen LogP contribution < -0.4 is 0 Å². The van der Waals surface area contributed by atoms with Crippen molar-refractivity contribution in [1.29, 1.82) is 0 Å². The van der Waals surface area contributed by atoms with Crippen LogP contribution in [-0.4, -0.2) is 40.3 Å². The molecule has 0 radical (unpaired) electrons. The van der Waals surface area contributed by atoms with Crippen molar-refractivity contribution in [3.05, 3.63) is 64.7 Å². The van der Waals surface area contributed by atoms with Gasteiger partial charge in [0.05, 0.1) is 17.9 Å². The smallest absolute Gasteiger partial charge is 0.129 e. The number of pyridine rings is 1. The molecule has 4 nitrogen and oxygen atoms in total. The molecule has 2 fully saturated rings. The third kappa shape index (κ3) is 4.02. The minimum absolute atomic E-state index is 0.263. The molecule has 144 valence electrons. The molecule has 1 aromatic heterocycles. The van der Waals surface area contributed by atoms with Gasteiger partial charge in [-0.05, 0) is 37.1 Å². The maximum absolute atomic E-state index is 14.1. The lowest BCUT2D eigenvalue weighted by Gasteiger charge is -2.49. The Labute approximate surface area is 163 Å². The lowest BCUT2D eigenvalue weighted by Crippen LogP contribution is -2.53. The number of aromatic nitrogens is 1. The van der Waals surface area contributed by atoms with E-state index in [2.05, 4.69) is 9.88 Å². The highest BCUT2D eigenvalue weighted by Gasteiger charge is 2.47. The zero-order valence-corrected chi connectivity index (χ0v) is 16.0. The summed E-state index contributed by atoms with van der Waals surface area (Å²) in [7, 11) is 0. The Bertz CT molecular complexity index is 796. The summed E-state index contributed by atoms with van der Waals surface area (Å²) >= 11 is 5.84. The first-order valence-electron chi connectivity index (χ1n) is 9.42. The van der Waals surface area contributed by atoms with Gasteiger partial charge >= 0.3 is 0 Å².